The van der Waals surface area contributed by atoms with Gasteiger partial charge in [0.05, 0.1) is 5.75 Å². The van der Waals surface area contributed by atoms with Gasteiger partial charge in [-0.15, -0.1) is 11.8 Å². The molecule has 4 nitrogen and oxygen atoms in total. The summed E-state index contributed by atoms with van der Waals surface area (Å²) in [6.07, 6.45) is 0. The molecule has 4 aromatic rings. The molecule has 0 aliphatic carbocycles. The van der Waals surface area contributed by atoms with Crippen LogP contribution in [-0.4, -0.2) is 16.6 Å². The van der Waals surface area contributed by atoms with Crippen molar-refractivity contribution in [3.63, 3.8) is 0 Å². The lowest BCUT2D eigenvalue weighted by Gasteiger charge is -2.05. The minimum atomic E-state index is -0.0530. The molecule has 4 rings (SSSR count). The largest absolute Gasteiger partial charge is 0.436 e. The van der Waals surface area contributed by atoms with Crippen molar-refractivity contribution in [1.82, 2.24) is 4.98 Å². The predicted molar refractivity (Wildman–Crippen MR) is 110 cm³/mol. The first-order valence-corrected chi connectivity index (χ1v) is 9.61. The number of benzene rings is 3. The molecule has 0 aliphatic rings. The maximum atomic E-state index is 12.2. The Kier molecular flexibility index (Phi) is 4.94. The molecule has 1 heterocycles. The van der Waals surface area contributed by atoms with Gasteiger partial charge in [-0.05, 0) is 43.3 Å². The fourth-order valence-corrected chi connectivity index (χ4v) is 3.39. The van der Waals surface area contributed by atoms with E-state index in [-0.39, 0.29) is 5.91 Å². The van der Waals surface area contributed by atoms with Crippen LogP contribution in [0.1, 0.15) is 5.56 Å². The van der Waals surface area contributed by atoms with Crippen molar-refractivity contribution in [2.45, 2.75) is 11.8 Å². The molecule has 0 atom stereocenters. The first-order valence-electron chi connectivity index (χ1n) is 8.63. The minimum absolute atomic E-state index is 0.0530. The number of carbonyl (C=O) groups is 1. The van der Waals surface area contributed by atoms with Crippen LogP contribution in [-0.2, 0) is 4.79 Å². The van der Waals surface area contributed by atoms with Gasteiger partial charge in [-0.25, -0.2) is 4.98 Å². The number of hydrogen-bond acceptors (Lipinski definition) is 4. The number of nitrogens with one attached hydrogen (secondary N) is 1. The first-order chi connectivity index (χ1) is 13.2. The van der Waals surface area contributed by atoms with E-state index in [1.165, 1.54) is 17.3 Å². The Hall–Kier alpha value is -3.05. The highest BCUT2D eigenvalue weighted by molar-refractivity contribution is 8.00. The van der Waals surface area contributed by atoms with Crippen LogP contribution in [0.3, 0.4) is 0 Å². The minimum Gasteiger partial charge on any atom is -0.436 e. The van der Waals surface area contributed by atoms with Gasteiger partial charge < -0.3 is 9.73 Å². The van der Waals surface area contributed by atoms with E-state index < -0.39 is 0 Å². The van der Waals surface area contributed by atoms with E-state index in [0.29, 0.717) is 22.9 Å². The van der Waals surface area contributed by atoms with Crippen LogP contribution < -0.4 is 5.32 Å². The number of aryl methyl sites for hydroxylation is 1. The molecule has 0 spiro atoms. The molecule has 0 unspecified atom stereocenters. The van der Waals surface area contributed by atoms with Gasteiger partial charge in [-0.2, -0.15) is 0 Å². The van der Waals surface area contributed by atoms with Crippen molar-refractivity contribution in [1.29, 1.82) is 0 Å². The molecule has 5 heteroatoms. The highest BCUT2D eigenvalue weighted by Gasteiger charge is 2.10. The second-order valence-corrected chi connectivity index (χ2v) is 7.27. The van der Waals surface area contributed by atoms with Gasteiger partial charge in [-0.1, -0.05) is 35.9 Å². The van der Waals surface area contributed by atoms with Crippen LogP contribution in [0.4, 0.5) is 5.69 Å². The highest BCUT2D eigenvalue weighted by atomic mass is 32.2. The number of oxazole rings is 1. The molecular formula is C22H18N2O2S. The first kappa shape index (κ1) is 17.4. The van der Waals surface area contributed by atoms with Gasteiger partial charge in [0.15, 0.2) is 5.58 Å². The van der Waals surface area contributed by atoms with Crippen molar-refractivity contribution in [2.24, 2.45) is 0 Å². The average Bonchev–Trinajstić information content (AvgIpc) is 3.12. The Labute approximate surface area is 161 Å². The molecule has 0 aliphatic heterocycles. The van der Waals surface area contributed by atoms with Gasteiger partial charge in [-0.3, -0.25) is 4.79 Å². The van der Waals surface area contributed by atoms with E-state index in [1.807, 2.05) is 79.7 Å². The third kappa shape index (κ3) is 4.20. The number of amides is 1. The normalized spacial score (nSPS) is 10.9. The van der Waals surface area contributed by atoms with Crippen LogP contribution >= 0.6 is 11.8 Å². The maximum absolute atomic E-state index is 12.2. The number of nitrogens with zero attached hydrogens (tertiary/aromatic N) is 1. The van der Waals surface area contributed by atoms with E-state index in [4.69, 9.17) is 4.42 Å². The Bertz CT molecular complexity index is 1070. The number of rotatable bonds is 5. The van der Waals surface area contributed by atoms with E-state index in [1.54, 1.807) is 0 Å². The van der Waals surface area contributed by atoms with Crippen molar-refractivity contribution in [3.8, 4) is 11.5 Å². The summed E-state index contributed by atoms with van der Waals surface area (Å²) in [5, 5.41) is 2.92. The zero-order valence-electron chi connectivity index (χ0n) is 14.8. The standard InChI is InChI=1S/C22H18N2O2S/c1-15-7-10-18(11-8-15)27-14-21(25)23-17-9-12-19-20(13-17)26-22(24-19)16-5-3-2-4-6-16/h2-13H,14H2,1H3,(H,23,25). The third-order valence-electron chi connectivity index (χ3n) is 4.08. The van der Waals surface area contributed by atoms with E-state index in [2.05, 4.69) is 10.3 Å². The summed E-state index contributed by atoms with van der Waals surface area (Å²) in [6.45, 7) is 2.05. The van der Waals surface area contributed by atoms with Crippen LogP contribution in [0.15, 0.2) is 82.1 Å². The number of thioether (sulfide) groups is 1. The second kappa shape index (κ2) is 7.68. The van der Waals surface area contributed by atoms with Crippen LogP contribution in [0.25, 0.3) is 22.6 Å². The molecule has 0 radical (unpaired) electrons. The van der Waals surface area contributed by atoms with Gasteiger partial charge in [0.25, 0.3) is 0 Å². The number of anilines is 1. The molecule has 134 valence electrons. The van der Waals surface area contributed by atoms with Gasteiger partial charge >= 0.3 is 0 Å². The van der Waals surface area contributed by atoms with E-state index in [0.717, 1.165) is 16.0 Å². The van der Waals surface area contributed by atoms with Gasteiger partial charge in [0, 0.05) is 22.2 Å². The van der Waals surface area contributed by atoms with E-state index >= 15 is 0 Å². The van der Waals surface area contributed by atoms with Crippen molar-refractivity contribution < 1.29 is 9.21 Å². The SMILES string of the molecule is Cc1ccc(SCC(=O)Nc2ccc3nc(-c4ccccc4)oc3c2)cc1. The van der Waals surface area contributed by atoms with Crippen LogP contribution in [0.5, 0.6) is 0 Å². The molecule has 3 aromatic carbocycles. The lowest BCUT2D eigenvalue weighted by molar-refractivity contribution is -0.113. The molecule has 0 saturated carbocycles. The molecule has 1 N–H and O–H groups in total. The Morgan fingerprint density at radius 3 is 2.59 bits per heavy atom. The lowest BCUT2D eigenvalue weighted by atomic mass is 10.2. The van der Waals surface area contributed by atoms with Crippen LogP contribution in [0, 0.1) is 6.92 Å². The number of aromatic nitrogens is 1. The van der Waals surface area contributed by atoms with Gasteiger partial charge in [0.2, 0.25) is 11.8 Å². The fourth-order valence-electron chi connectivity index (χ4n) is 2.69. The van der Waals surface area contributed by atoms with Crippen molar-refractivity contribution in [3.05, 3.63) is 78.4 Å². The molecule has 1 aromatic heterocycles. The summed E-state index contributed by atoms with van der Waals surface area (Å²) in [4.78, 5) is 17.8. The summed E-state index contributed by atoms with van der Waals surface area (Å²) in [5.74, 6) is 0.874. The second-order valence-electron chi connectivity index (χ2n) is 6.22. The summed E-state index contributed by atoms with van der Waals surface area (Å²) < 4.78 is 5.85. The monoisotopic (exact) mass is 374 g/mol. The summed E-state index contributed by atoms with van der Waals surface area (Å²) in [7, 11) is 0. The molecule has 0 fully saturated rings. The predicted octanol–water partition coefficient (Wildman–Crippen LogP) is 5.53. The molecule has 1 amide bonds. The summed E-state index contributed by atoms with van der Waals surface area (Å²) in [5.41, 5.74) is 4.25. The summed E-state index contributed by atoms with van der Waals surface area (Å²) >= 11 is 1.51. The van der Waals surface area contributed by atoms with Crippen molar-refractivity contribution in [2.75, 3.05) is 11.1 Å². The maximum Gasteiger partial charge on any atom is 0.234 e. The van der Waals surface area contributed by atoms with E-state index in [9.17, 15) is 4.79 Å². The molecule has 27 heavy (non-hydrogen) atoms. The van der Waals surface area contributed by atoms with Gasteiger partial charge in [0.1, 0.15) is 5.52 Å². The number of carbonyl (C=O) groups excluding carboxylic acids is 1. The zero-order valence-corrected chi connectivity index (χ0v) is 15.6. The summed E-state index contributed by atoms with van der Waals surface area (Å²) in [6, 6.07) is 23.4. The number of fused-ring (bicyclic) bond motifs is 1. The lowest BCUT2D eigenvalue weighted by Crippen LogP contribution is -2.13. The molecular weight excluding hydrogens is 356 g/mol. The van der Waals surface area contributed by atoms with Crippen LogP contribution in [0.2, 0.25) is 0 Å². The third-order valence-corrected chi connectivity index (χ3v) is 5.10. The number of hydrogen-bond donors (Lipinski definition) is 1. The Morgan fingerprint density at radius 2 is 1.81 bits per heavy atom. The Balaban J connectivity index is 1.44. The van der Waals surface area contributed by atoms with Crippen molar-refractivity contribution >= 4 is 34.5 Å². The average molecular weight is 374 g/mol. The molecule has 0 saturated heterocycles. The quantitative estimate of drug-likeness (QED) is 0.466. The highest BCUT2D eigenvalue weighted by Crippen LogP contribution is 2.26. The molecule has 0 bridgehead atoms. The topological polar surface area (TPSA) is 55.1 Å². The smallest absolute Gasteiger partial charge is 0.234 e. The zero-order chi connectivity index (χ0) is 18.6. The fraction of sp³-hybridized carbons (Fsp3) is 0.0909. The Morgan fingerprint density at radius 1 is 1.04 bits per heavy atom.